The molecule has 0 saturated carbocycles. The number of nitrogens with zero attached hydrogens (tertiary/aromatic N) is 1. The minimum Gasteiger partial charge on any atom is -0.346 e. The molecule has 24 heavy (non-hydrogen) atoms. The molecule has 5 heteroatoms. The lowest BCUT2D eigenvalue weighted by Gasteiger charge is -2.23. The van der Waals surface area contributed by atoms with Crippen LogP contribution < -0.4 is 10.6 Å². The van der Waals surface area contributed by atoms with Gasteiger partial charge in [-0.15, -0.1) is 0 Å². The summed E-state index contributed by atoms with van der Waals surface area (Å²) in [5, 5.41) is 5.62. The minimum absolute atomic E-state index is 0.0511. The number of likely N-dealkylation sites (N-methyl/N-ethyl adjacent to an activating group) is 1. The van der Waals surface area contributed by atoms with Gasteiger partial charge in [0.1, 0.15) is 0 Å². The molecule has 0 unspecified atom stereocenters. The Kier molecular flexibility index (Phi) is 6.51. The third-order valence-electron chi connectivity index (χ3n) is 3.53. The molecule has 0 aliphatic rings. The van der Waals surface area contributed by atoms with E-state index >= 15 is 0 Å². The van der Waals surface area contributed by atoms with E-state index in [9.17, 15) is 9.59 Å². The molecule has 2 rings (SSSR count). The highest BCUT2D eigenvalue weighted by molar-refractivity contribution is 5.96. The average molecular weight is 325 g/mol. The van der Waals surface area contributed by atoms with Gasteiger partial charge in [-0.05, 0) is 31.8 Å². The molecule has 0 saturated heterocycles. The van der Waals surface area contributed by atoms with Gasteiger partial charge in [0, 0.05) is 12.1 Å². The van der Waals surface area contributed by atoms with E-state index in [-0.39, 0.29) is 24.4 Å². The second kappa shape index (κ2) is 8.84. The van der Waals surface area contributed by atoms with E-state index in [1.165, 1.54) is 0 Å². The maximum Gasteiger partial charge on any atom is 0.251 e. The van der Waals surface area contributed by atoms with Gasteiger partial charge in [-0.25, -0.2) is 0 Å². The van der Waals surface area contributed by atoms with Gasteiger partial charge in [-0.2, -0.15) is 0 Å². The highest BCUT2D eigenvalue weighted by Crippen LogP contribution is 2.13. The van der Waals surface area contributed by atoms with Crippen molar-refractivity contribution in [2.24, 2.45) is 0 Å². The molecule has 2 aromatic rings. The van der Waals surface area contributed by atoms with Crippen LogP contribution in [0.15, 0.2) is 60.7 Å². The monoisotopic (exact) mass is 325 g/mol. The van der Waals surface area contributed by atoms with E-state index in [1.54, 1.807) is 24.3 Å². The molecule has 5 nitrogen and oxygen atoms in total. The largest absolute Gasteiger partial charge is 0.346 e. The molecule has 0 spiro atoms. The zero-order valence-corrected chi connectivity index (χ0v) is 14.0. The summed E-state index contributed by atoms with van der Waals surface area (Å²) in [6, 6.07) is 18.5. The predicted octanol–water partition coefficient (Wildman–Crippen LogP) is 1.84. The predicted molar refractivity (Wildman–Crippen MR) is 94.7 cm³/mol. The van der Waals surface area contributed by atoms with Crippen molar-refractivity contribution in [2.45, 2.75) is 6.04 Å². The lowest BCUT2D eigenvalue weighted by Crippen LogP contribution is -2.41. The van der Waals surface area contributed by atoms with E-state index in [2.05, 4.69) is 10.6 Å². The van der Waals surface area contributed by atoms with E-state index in [0.717, 1.165) is 5.56 Å². The molecule has 2 amide bonds. The van der Waals surface area contributed by atoms with Crippen LogP contribution in [0.25, 0.3) is 0 Å². The number of benzene rings is 2. The van der Waals surface area contributed by atoms with Crippen LogP contribution in [0, 0.1) is 0 Å². The van der Waals surface area contributed by atoms with E-state index < -0.39 is 0 Å². The molecular formula is C19H23N3O2. The standard InChI is InChI=1S/C19H23N3O2/c1-22(2)14-17(15-9-5-3-6-10-15)21-18(23)13-20-19(24)16-11-7-4-8-12-16/h3-12,17H,13-14H2,1-2H3,(H,20,24)(H,21,23)/t17-/m0/s1. The molecule has 0 aromatic heterocycles. The lowest BCUT2D eigenvalue weighted by atomic mass is 10.1. The first-order valence-corrected chi connectivity index (χ1v) is 7.88. The Hall–Kier alpha value is -2.66. The maximum atomic E-state index is 12.2. The van der Waals surface area contributed by atoms with Crippen molar-refractivity contribution < 1.29 is 9.59 Å². The molecule has 1 atom stereocenters. The van der Waals surface area contributed by atoms with Crippen molar-refractivity contribution in [3.8, 4) is 0 Å². The SMILES string of the molecule is CN(C)C[C@H](NC(=O)CNC(=O)c1ccccc1)c1ccccc1. The second-order valence-corrected chi connectivity index (χ2v) is 5.84. The van der Waals surface area contributed by atoms with Gasteiger partial charge < -0.3 is 15.5 Å². The van der Waals surface area contributed by atoms with Crippen molar-refractivity contribution in [2.75, 3.05) is 27.2 Å². The Morgan fingerprint density at radius 3 is 2.12 bits per heavy atom. The summed E-state index contributed by atoms with van der Waals surface area (Å²) in [5.41, 5.74) is 1.58. The second-order valence-electron chi connectivity index (χ2n) is 5.84. The minimum atomic E-state index is -0.255. The summed E-state index contributed by atoms with van der Waals surface area (Å²) >= 11 is 0. The van der Waals surface area contributed by atoms with Crippen LogP contribution in [0.5, 0.6) is 0 Å². The van der Waals surface area contributed by atoms with Crippen molar-refractivity contribution >= 4 is 11.8 Å². The molecule has 0 aliphatic heterocycles. The van der Waals surface area contributed by atoms with Gasteiger partial charge in [0.15, 0.2) is 0 Å². The van der Waals surface area contributed by atoms with Gasteiger partial charge in [0.05, 0.1) is 12.6 Å². The smallest absolute Gasteiger partial charge is 0.251 e. The van der Waals surface area contributed by atoms with Crippen molar-refractivity contribution in [3.63, 3.8) is 0 Å². The molecule has 0 bridgehead atoms. The Bertz CT molecular complexity index is 657. The molecule has 0 fully saturated rings. The average Bonchev–Trinajstić information content (AvgIpc) is 2.60. The van der Waals surface area contributed by atoms with Gasteiger partial charge in [0.2, 0.25) is 5.91 Å². The number of carbonyl (C=O) groups excluding carboxylic acids is 2. The molecule has 126 valence electrons. The molecule has 0 aliphatic carbocycles. The van der Waals surface area contributed by atoms with Gasteiger partial charge in [-0.1, -0.05) is 48.5 Å². The molecule has 0 heterocycles. The van der Waals surface area contributed by atoms with Crippen molar-refractivity contribution in [1.29, 1.82) is 0 Å². The number of carbonyl (C=O) groups is 2. The fourth-order valence-corrected chi connectivity index (χ4v) is 2.38. The first-order chi connectivity index (χ1) is 11.6. The van der Waals surface area contributed by atoms with Crippen molar-refractivity contribution in [1.82, 2.24) is 15.5 Å². The summed E-state index contributed by atoms with van der Waals surface area (Å²) in [5.74, 6) is -0.468. The van der Waals surface area contributed by atoms with E-state index in [4.69, 9.17) is 0 Å². The van der Waals surface area contributed by atoms with Crippen LogP contribution in [-0.4, -0.2) is 43.9 Å². The molecule has 0 radical (unpaired) electrons. The summed E-state index contributed by atoms with van der Waals surface area (Å²) in [6.07, 6.45) is 0. The van der Waals surface area contributed by atoms with Gasteiger partial charge in [0.25, 0.3) is 5.91 Å². The Morgan fingerprint density at radius 2 is 1.54 bits per heavy atom. The van der Waals surface area contributed by atoms with E-state index in [0.29, 0.717) is 12.1 Å². The van der Waals surface area contributed by atoms with E-state index in [1.807, 2.05) is 55.4 Å². The zero-order valence-electron chi connectivity index (χ0n) is 14.0. The number of amides is 2. The first-order valence-electron chi connectivity index (χ1n) is 7.88. The van der Waals surface area contributed by atoms with Crippen LogP contribution in [0.3, 0.4) is 0 Å². The van der Waals surface area contributed by atoms with Gasteiger partial charge >= 0.3 is 0 Å². The summed E-state index contributed by atoms with van der Waals surface area (Å²) in [4.78, 5) is 26.2. The topological polar surface area (TPSA) is 61.4 Å². The van der Waals surface area contributed by atoms with Crippen LogP contribution in [0.2, 0.25) is 0 Å². The maximum absolute atomic E-state index is 12.2. The molecular weight excluding hydrogens is 302 g/mol. The Labute approximate surface area is 142 Å². The third kappa shape index (κ3) is 5.52. The fraction of sp³-hybridized carbons (Fsp3) is 0.263. The normalized spacial score (nSPS) is 11.8. The van der Waals surface area contributed by atoms with Crippen LogP contribution >= 0.6 is 0 Å². The fourth-order valence-electron chi connectivity index (χ4n) is 2.38. The van der Waals surface area contributed by atoms with Crippen molar-refractivity contribution in [3.05, 3.63) is 71.8 Å². The summed E-state index contributed by atoms with van der Waals surface area (Å²) in [6.45, 7) is 0.632. The van der Waals surface area contributed by atoms with Crippen LogP contribution in [0.4, 0.5) is 0 Å². The summed E-state index contributed by atoms with van der Waals surface area (Å²) < 4.78 is 0. The number of nitrogens with one attached hydrogen (secondary N) is 2. The molecule has 2 N–H and O–H groups in total. The third-order valence-corrected chi connectivity index (χ3v) is 3.53. The highest BCUT2D eigenvalue weighted by Gasteiger charge is 2.16. The first kappa shape index (κ1) is 17.7. The van der Waals surface area contributed by atoms with Crippen LogP contribution in [-0.2, 0) is 4.79 Å². The Morgan fingerprint density at radius 1 is 0.958 bits per heavy atom. The molecule has 2 aromatic carbocycles. The Balaban J connectivity index is 1.92. The van der Waals surface area contributed by atoms with Gasteiger partial charge in [-0.3, -0.25) is 9.59 Å². The zero-order chi connectivity index (χ0) is 17.4. The lowest BCUT2D eigenvalue weighted by molar-refractivity contribution is -0.121. The number of hydrogen-bond acceptors (Lipinski definition) is 3. The number of hydrogen-bond donors (Lipinski definition) is 2. The highest BCUT2D eigenvalue weighted by atomic mass is 16.2. The summed E-state index contributed by atoms with van der Waals surface area (Å²) in [7, 11) is 3.92. The number of rotatable bonds is 7. The van der Waals surface area contributed by atoms with Crippen LogP contribution in [0.1, 0.15) is 22.0 Å². The quantitative estimate of drug-likeness (QED) is 0.816.